The van der Waals surface area contributed by atoms with Crippen molar-refractivity contribution in [2.75, 3.05) is 0 Å². The normalized spacial score (nSPS) is 11.3. The van der Waals surface area contributed by atoms with E-state index in [1.165, 1.54) is 109 Å². The molecule has 0 bridgehead atoms. The molecule has 0 saturated carbocycles. The predicted molar refractivity (Wildman–Crippen MR) is 229 cm³/mol. The second-order valence-electron chi connectivity index (χ2n) is 13.0. The number of benzene rings is 4. The van der Waals surface area contributed by atoms with Gasteiger partial charge in [-0.2, -0.15) is 12.1 Å². The van der Waals surface area contributed by atoms with Crippen LogP contribution in [0.25, 0.3) is 43.8 Å². The van der Waals surface area contributed by atoms with Crippen molar-refractivity contribution < 1.29 is 23.3 Å². The standard InChI is InChI=1S/C23H27.C21H23.2CH3.2ClH.Si.Zr/c1-5-7-17(4)21-14-20-8-6-9-22(23(20)15-21)19-12-10-18(11-13-19)16(2)3;1-4-15(3)17-9-11-18(12-10-17)20-8-6-7-19-13-16(5-2)14-21(19)20;;;;;;/h6,8-17H,5,7H2,1-4H3;6-15H,4-5H2,1-3H3;2*1H3;2*1H;;/q4*-1;;;;. The van der Waals surface area contributed by atoms with Crippen molar-refractivity contribution in [1.82, 2.24) is 0 Å². The molecule has 0 fully saturated rings. The first-order valence-corrected chi connectivity index (χ1v) is 21.3. The van der Waals surface area contributed by atoms with Gasteiger partial charge in [-0.05, 0) is 59.3 Å². The van der Waals surface area contributed by atoms with Crippen molar-refractivity contribution in [1.29, 1.82) is 0 Å². The molecule has 0 saturated heterocycles. The van der Waals surface area contributed by atoms with E-state index in [9.17, 15) is 0 Å². The molecule has 6 aromatic rings. The van der Waals surface area contributed by atoms with Crippen molar-refractivity contribution in [3.05, 3.63) is 146 Å². The second-order valence-corrected chi connectivity index (χ2v) is 13.0. The van der Waals surface area contributed by atoms with Crippen molar-refractivity contribution in [3.63, 3.8) is 0 Å². The second kappa shape index (κ2) is 23.4. The van der Waals surface area contributed by atoms with E-state index in [0.29, 0.717) is 17.8 Å². The van der Waals surface area contributed by atoms with Crippen LogP contribution in [0.3, 0.4) is 0 Å². The van der Waals surface area contributed by atoms with Crippen LogP contribution in [0.15, 0.2) is 109 Å². The molecule has 6 aromatic carbocycles. The molecule has 0 N–H and O–H groups in total. The van der Waals surface area contributed by atoms with E-state index in [1.807, 2.05) is 0 Å². The van der Waals surface area contributed by atoms with E-state index in [2.05, 4.69) is 165 Å². The van der Waals surface area contributed by atoms with Gasteiger partial charge in [0.2, 0.25) is 0 Å². The van der Waals surface area contributed by atoms with Gasteiger partial charge in [0, 0.05) is 0 Å². The Morgan fingerprint density at radius 2 is 1.08 bits per heavy atom. The van der Waals surface area contributed by atoms with Crippen LogP contribution < -0.4 is 0 Å². The van der Waals surface area contributed by atoms with Gasteiger partial charge in [0.1, 0.15) is 0 Å². The molecule has 0 spiro atoms. The summed E-state index contributed by atoms with van der Waals surface area (Å²) in [5.74, 6) is 1.87. The fraction of sp³-hybridized carbons (Fsp3) is 0.304. The third-order valence-corrected chi connectivity index (χ3v) is 9.57. The Hall–Kier alpha value is -2.22. The Labute approximate surface area is 334 Å². The van der Waals surface area contributed by atoms with Gasteiger partial charge in [0.15, 0.2) is 0 Å². The minimum absolute atomic E-state index is 0. The SMILES string of the molecule is CCCC(C)c1cc2c(-c3ccc(C(C)C)cc3)cccc2[cH-]1.CCc1cc2c(-c3ccc(C(C)CC)cc3)cccc2[cH-]1.Cl.Cl.[CH3-].[CH3-].[Si]=[Zr]. The van der Waals surface area contributed by atoms with Crippen LogP contribution in [0, 0.1) is 14.9 Å². The number of aryl methyl sites for hydroxylation is 1. The first-order chi connectivity index (χ1) is 22.3. The van der Waals surface area contributed by atoms with E-state index in [1.54, 1.807) is 0 Å². The molecule has 0 amide bonds. The quantitative estimate of drug-likeness (QED) is 0.101. The molecule has 0 heterocycles. The van der Waals surface area contributed by atoms with E-state index < -0.39 is 0 Å². The Kier molecular flexibility index (Phi) is 22.3. The summed E-state index contributed by atoms with van der Waals surface area (Å²) < 4.78 is 0. The Morgan fingerprint density at radius 1 is 0.600 bits per heavy atom. The van der Waals surface area contributed by atoms with Crippen molar-refractivity contribution in [2.45, 2.75) is 91.9 Å². The summed E-state index contributed by atoms with van der Waals surface area (Å²) in [6.07, 6.45) is 4.79. The predicted octanol–water partition coefficient (Wildman–Crippen LogP) is 14.9. The van der Waals surface area contributed by atoms with Crippen LogP contribution in [0.5, 0.6) is 0 Å². The zero-order chi connectivity index (χ0) is 33.2. The molecular formula is C46H58Cl2SiZr-4. The van der Waals surface area contributed by atoms with Gasteiger partial charge >= 0.3 is 30.2 Å². The molecule has 0 aliphatic rings. The van der Waals surface area contributed by atoms with Gasteiger partial charge < -0.3 is 14.9 Å². The molecule has 0 aromatic heterocycles. The Morgan fingerprint density at radius 3 is 1.54 bits per heavy atom. The van der Waals surface area contributed by atoms with Crippen molar-refractivity contribution in [2.24, 2.45) is 0 Å². The maximum atomic E-state index is 3.06. The molecule has 2 unspecified atom stereocenters. The molecule has 50 heavy (non-hydrogen) atoms. The van der Waals surface area contributed by atoms with Crippen molar-refractivity contribution >= 4 is 53.2 Å². The molecule has 0 aliphatic heterocycles. The van der Waals surface area contributed by atoms with E-state index in [-0.39, 0.29) is 39.7 Å². The van der Waals surface area contributed by atoms with E-state index >= 15 is 0 Å². The van der Waals surface area contributed by atoms with Gasteiger partial charge in [0.05, 0.1) is 0 Å². The number of halogens is 2. The van der Waals surface area contributed by atoms with Gasteiger partial charge in [-0.15, -0.1) is 93.9 Å². The maximum absolute atomic E-state index is 3.06. The molecule has 0 nitrogen and oxygen atoms in total. The average molecular weight is 801 g/mol. The molecule has 2 radical (unpaired) electrons. The zero-order valence-corrected chi connectivity index (χ0v) is 36.9. The van der Waals surface area contributed by atoms with Crippen LogP contribution in [0.4, 0.5) is 0 Å². The third-order valence-electron chi connectivity index (χ3n) is 9.57. The fourth-order valence-corrected chi connectivity index (χ4v) is 6.42. The summed E-state index contributed by atoms with van der Waals surface area (Å²) in [6, 6.07) is 40.9. The average Bonchev–Trinajstić information content (AvgIpc) is 3.74. The summed E-state index contributed by atoms with van der Waals surface area (Å²) in [7, 11) is 0. The van der Waals surface area contributed by atoms with Gasteiger partial charge in [-0.3, -0.25) is 0 Å². The number of hydrogen-bond acceptors (Lipinski definition) is 0. The summed E-state index contributed by atoms with van der Waals surface area (Å²) in [6.45, 7) is 18.9. The molecule has 4 heteroatoms. The first-order valence-electron chi connectivity index (χ1n) is 17.2. The zero-order valence-electron chi connectivity index (χ0n) is 31.8. The van der Waals surface area contributed by atoms with E-state index in [4.69, 9.17) is 0 Å². The molecule has 0 aliphatic carbocycles. The minimum atomic E-state index is 0. The summed E-state index contributed by atoms with van der Waals surface area (Å²) in [5, 5.41) is 5.50. The number of hydrogen-bond donors (Lipinski definition) is 0. The summed E-state index contributed by atoms with van der Waals surface area (Å²) in [5.41, 5.74) is 11.1. The molecule has 6 rings (SSSR count). The summed E-state index contributed by atoms with van der Waals surface area (Å²) >= 11 is 1.36. The van der Waals surface area contributed by atoms with Crippen molar-refractivity contribution in [3.8, 4) is 22.3 Å². The Bertz CT molecular complexity index is 1810. The first kappa shape index (κ1) is 47.8. The van der Waals surface area contributed by atoms with Gasteiger partial charge in [-0.25, -0.2) is 0 Å². The number of fused-ring (bicyclic) bond motifs is 2. The monoisotopic (exact) mass is 798 g/mol. The van der Waals surface area contributed by atoms with E-state index in [0.717, 1.165) is 6.42 Å². The van der Waals surface area contributed by atoms with Crippen LogP contribution >= 0.6 is 24.8 Å². The van der Waals surface area contributed by atoms with Crippen LogP contribution in [0.1, 0.15) is 108 Å². The van der Waals surface area contributed by atoms with Crippen LogP contribution in [-0.2, 0) is 29.8 Å². The van der Waals surface area contributed by atoms with Gasteiger partial charge in [0.25, 0.3) is 0 Å². The number of rotatable bonds is 9. The van der Waals surface area contributed by atoms with Crippen LogP contribution in [-0.4, -0.2) is 6.88 Å². The molecule has 2 atom stereocenters. The van der Waals surface area contributed by atoms with Gasteiger partial charge in [-0.1, -0.05) is 127 Å². The molecule has 268 valence electrons. The Balaban J connectivity index is 0.000000853. The molecular weight excluding hydrogens is 743 g/mol. The topological polar surface area (TPSA) is 0 Å². The third kappa shape index (κ3) is 11.6. The summed E-state index contributed by atoms with van der Waals surface area (Å²) in [4.78, 5) is 0. The fourth-order valence-electron chi connectivity index (χ4n) is 6.42. The van der Waals surface area contributed by atoms with Crippen LogP contribution in [0.2, 0.25) is 0 Å².